The van der Waals surface area contributed by atoms with Gasteiger partial charge in [0.25, 0.3) is 0 Å². The Labute approximate surface area is 435 Å². The van der Waals surface area contributed by atoms with Gasteiger partial charge in [-0.25, -0.2) is 0 Å². The monoisotopic (exact) mass is 1020 g/mol. The third kappa shape index (κ3) is 29.9. The minimum Gasteiger partial charge on any atom is -0.394 e. The molecule has 1 amide bonds. The van der Waals surface area contributed by atoms with Crippen LogP contribution in [0.3, 0.4) is 0 Å². The van der Waals surface area contributed by atoms with E-state index in [2.05, 4.69) is 55.6 Å². The summed E-state index contributed by atoms with van der Waals surface area (Å²) in [5.74, 6) is -0.253. The highest BCUT2D eigenvalue weighted by atomic mass is 16.7. The van der Waals surface area contributed by atoms with Gasteiger partial charge < -0.3 is 65.1 Å². The van der Waals surface area contributed by atoms with E-state index >= 15 is 0 Å². The minimum atomic E-state index is -1.79. The van der Waals surface area contributed by atoms with Gasteiger partial charge in [0, 0.05) is 6.42 Å². The average Bonchev–Trinajstić information content (AvgIpc) is 3.38. The smallest absolute Gasteiger partial charge is 0.220 e. The molecule has 12 unspecified atom stereocenters. The van der Waals surface area contributed by atoms with Crippen LogP contribution in [0.1, 0.15) is 219 Å². The molecule has 420 valence electrons. The molecular weight excluding hydrogens is 919 g/mol. The van der Waals surface area contributed by atoms with Crippen LogP contribution in [-0.2, 0) is 23.7 Å². The number of allylic oxidation sites excluding steroid dienone is 7. The summed E-state index contributed by atoms with van der Waals surface area (Å²) in [4.78, 5) is 13.1. The molecule has 72 heavy (non-hydrogen) atoms. The van der Waals surface area contributed by atoms with Crippen molar-refractivity contribution in [3.63, 3.8) is 0 Å². The fourth-order valence-electron chi connectivity index (χ4n) is 9.29. The van der Waals surface area contributed by atoms with Crippen molar-refractivity contribution in [2.45, 2.75) is 293 Å². The molecule has 2 heterocycles. The van der Waals surface area contributed by atoms with E-state index in [-0.39, 0.29) is 18.9 Å². The van der Waals surface area contributed by atoms with Gasteiger partial charge in [0.05, 0.1) is 32.0 Å². The van der Waals surface area contributed by atoms with E-state index in [9.17, 15) is 45.6 Å². The Bertz CT molecular complexity index is 1390. The molecular formula is C58H105NO13. The number of ether oxygens (including phenoxy) is 4. The Morgan fingerprint density at radius 1 is 0.500 bits per heavy atom. The van der Waals surface area contributed by atoms with Gasteiger partial charge in [-0.05, 0) is 57.8 Å². The molecule has 0 saturated carbocycles. The number of aliphatic hydroxyl groups excluding tert-OH is 8. The first kappa shape index (κ1) is 66.1. The van der Waals surface area contributed by atoms with Crippen molar-refractivity contribution >= 4 is 5.91 Å². The number of nitrogens with one attached hydrogen (secondary N) is 1. The first-order valence-electron chi connectivity index (χ1n) is 28.9. The highest BCUT2D eigenvalue weighted by Crippen LogP contribution is 2.30. The van der Waals surface area contributed by atoms with E-state index < -0.39 is 86.8 Å². The van der Waals surface area contributed by atoms with E-state index in [0.29, 0.717) is 12.8 Å². The predicted octanol–water partition coefficient (Wildman–Crippen LogP) is 9.22. The Morgan fingerprint density at radius 2 is 0.958 bits per heavy atom. The topological polar surface area (TPSA) is 228 Å². The molecule has 0 spiro atoms. The van der Waals surface area contributed by atoms with Crippen LogP contribution in [0.2, 0.25) is 0 Å². The number of aliphatic hydroxyl groups is 8. The predicted molar refractivity (Wildman–Crippen MR) is 286 cm³/mol. The summed E-state index contributed by atoms with van der Waals surface area (Å²) in [6.07, 6.45) is 37.9. The Hall–Kier alpha value is -2.05. The van der Waals surface area contributed by atoms with Crippen LogP contribution < -0.4 is 5.32 Å². The van der Waals surface area contributed by atoms with Crippen LogP contribution >= 0.6 is 0 Å². The Morgan fingerprint density at radius 3 is 1.49 bits per heavy atom. The molecule has 0 aromatic rings. The van der Waals surface area contributed by atoms with Gasteiger partial charge in [0.1, 0.15) is 48.8 Å². The molecule has 9 N–H and O–H groups in total. The quantitative estimate of drug-likeness (QED) is 0.0205. The zero-order chi connectivity index (χ0) is 52.4. The van der Waals surface area contributed by atoms with E-state index in [1.54, 1.807) is 6.08 Å². The number of hydrogen-bond donors (Lipinski definition) is 9. The molecule has 12 atom stereocenters. The first-order valence-corrected chi connectivity index (χ1v) is 28.9. The highest BCUT2D eigenvalue weighted by Gasteiger charge is 2.51. The second kappa shape index (κ2) is 44.1. The van der Waals surface area contributed by atoms with Gasteiger partial charge >= 0.3 is 0 Å². The maximum absolute atomic E-state index is 13.1. The summed E-state index contributed by atoms with van der Waals surface area (Å²) < 4.78 is 22.6. The van der Waals surface area contributed by atoms with Gasteiger partial charge in [-0.2, -0.15) is 0 Å². The minimum absolute atomic E-state index is 0.253. The van der Waals surface area contributed by atoms with Crippen LogP contribution in [0.15, 0.2) is 48.6 Å². The number of carbonyl (C=O) groups is 1. The zero-order valence-corrected chi connectivity index (χ0v) is 44.9. The SMILES string of the molecule is CCC/C=C/CC/C=C/C(O)C(COC1OC(CO)C(OC2OC(CO)C(O)C(O)C2O)C(O)C1O)NC(=O)CCCCCCCCCCCCCCCCCCCCC/C=C\C/C=C\CCCCCCC. The van der Waals surface area contributed by atoms with Crippen molar-refractivity contribution < 1.29 is 64.6 Å². The number of unbranched alkanes of at least 4 members (excludes halogenated alkanes) is 26. The third-order valence-corrected chi connectivity index (χ3v) is 14.0. The number of hydrogen-bond acceptors (Lipinski definition) is 13. The van der Waals surface area contributed by atoms with E-state index in [1.807, 2.05) is 6.08 Å². The molecule has 2 rings (SSSR count). The zero-order valence-electron chi connectivity index (χ0n) is 44.9. The normalized spacial score (nSPS) is 25.9. The molecule has 0 aromatic carbocycles. The van der Waals surface area contributed by atoms with Crippen LogP contribution in [0.25, 0.3) is 0 Å². The van der Waals surface area contributed by atoms with Crippen molar-refractivity contribution in [1.82, 2.24) is 5.32 Å². The summed E-state index contributed by atoms with van der Waals surface area (Å²) in [7, 11) is 0. The lowest BCUT2D eigenvalue weighted by Crippen LogP contribution is -2.65. The van der Waals surface area contributed by atoms with Gasteiger partial charge in [-0.1, -0.05) is 204 Å². The summed E-state index contributed by atoms with van der Waals surface area (Å²) >= 11 is 0. The van der Waals surface area contributed by atoms with Crippen molar-refractivity contribution in [3.05, 3.63) is 48.6 Å². The molecule has 0 aromatic heterocycles. The van der Waals surface area contributed by atoms with Gasteiger partial charge in [-0.3, -0.25) is 4.79 Å². The number of amides is 1. The Balaban J connectivity index is 1.59. The standard InChI is InChI=1S/C58H105NO13/c1-3-5-7-9-11-12-13-14-15-16-17-18-19-20-21-22-23-24-25-26-27-28-29-30-31-32-33-34-36-38-40-42-50(63)59-46(47(62)41-39-37-35-10-8-6-4-2)45-69-57-55(68)53(66)56(49(44-61)71-57)72-58-54(67)52(65)51(64)48(43-60)70-58/h8,10,13-14,16-17,39,41,46-49,51-58,60-62,64-68H,3-7,9,11-12,15,18-38,40,42-45H2,1-2H3,(H,59,63)/b10-8+,14-13-,17-16-,41-39+. The summed E-state index contributed by atoms with van der Waals surface area (Å²) in [6.45, 7) is 2.64. The molecule has 14 nitrogen and oxygen atoms in total. The maximum atomic E-state index is 13.1. The Kier molecular flexibility index (Phi) is 40.5. The molecule has 0 radical (unpaired) electrons. The molecule has 14 heteroatoms. The van der Waals surface area contributed by atoms with Gasteiger partial charge in [0.2, 0.25) is 5.91 Å². The maximum Gasteiger partial charge on any atom is 0.220 e. The van der Waals surface area contributed by atoms with E-state index in [4.69, 9.17) is 18.9 Å². The second-order valence-electron chi connectivity index (χ2n) is 20.4. The summed E-state index contributed by atoms with van der Waals surface area (Å²) in [6, 6.07) is -0.927. The van der Waals surface area contributed by atoms with Crippen LogP contribution in [0, 0.1) is 0 Å². The van der Waals surface area contributed by atoms with Crippen molar-refractivity contribution in [1.29, 1.82) is 0 Å². The molecule has 0 bridgehead atoms. The fraction of sp³-hybridized carbons (Fsp3) is 0.845. The lowest BCUT2D eigenvalue weighted by Gasteiger charge is -2.46. The van der Waals surface area contributed by atoms with Crippen LogP contribution in [-0.4, -0.2) is 140 Å². The molecule has 2 aliphatic heterocycles. The summed E-state index contributed by atoms with van der Waals surface area (Å²) in [5, 5.41) is 86.5. The molecule has 2 aliphatic rings. The average molecular weight is 1020 g/mol. The molecule has 2 fully saturated rings. The fourth-order valence-corrected chi connectivity index (χ4v) is 9.29. The molecule has 0 aliphatic carbocycles. The number of rotatable bonds is 45. The second-order valence-corrected chi connectivity index (χ2v) is 20.4. The largest absolute Gasteiger partial charge is 0.394 e. The third-order valence-electron chi connectivity index (χ3n) is 14.0. The van der Waals surface area contributed by atoms with Crippen molar-refractivity contribution in [2.24, 2.45) is 0 Å². The molecule has 2 saturated heterocycles. The van der Waals surface area contributed by atoms with Crippen molar-refractivity contribution in [2.75, 3.05) is 19.8 Å². The van der Waals surface area contributed by atoms with E-state index in [1.165, 1.54) is 141 Å². The summed E-state index contributed by atoms with van der Waals surface area (Å²) in [5.41, 5.74) is 0. The van der Waals surface area contributed by atoms with Gasteiger partial charge in [-0.15, -0.1) is 0 Å². The van der Waals surface area contributed by atoms with Crippen molar-refractivity contribution in [3.8, 4) is 0 Å². The van der Waals surface area contributed by atoms with Crippen LogP contribution in [0.4, 0.5) is 0 Å². The first-order chi connectivity index (χ1) is 35.1. The highest BCUT2D eigenvalue weighted by molar-refractivity contribution is 5.76. The lowest BCUT2D eigenvalue weighted by atomic mass is 9.97. The van der Waals surface area contributed by atoms with Crippen LogP contribution in [0.5, 0.6) is 0 Å². The van der Waals surface area contributed by atoms with E-state index in [0.717, 1.165) is 44.9 Å². The number of carbonyl (C=O) groups excluding carboxylic acids is 1. The lowest BCUT2D eigenvalue weighted by molar-refractivity contribution is -0.359. The van der Waals surface area contributed by atoms with Gasteiger partial charge in [0.15, 0.2) is 12.6 Å².